The summed E-state index contributed by atoms with van der Waals surface area (Å²) in [4.78, 5) is 5.09. The highest BCUT2D eigenvalue weighted by Gasteiger charge is 2.18. The predicted molar refractivity (Wildman–Crippen MR) is 63.9 cm³/mol. The lowest BCUT2D eigenvalue weighted by Gasteiger charge is -2.37. The maximum Gasteiger partial charge on any atom is 0.0790 e. The third-order valence-electron chi connectivity index (χ3n) is 2.57. The van der Waals surface area contributed by atoms with Crippen LogP contribution < -0.4 is 0 Å². The lowest BCUT2D eigenvalue weighted by atomic mass is 10.5. The van der Waals surface area contributed by atoms with Gasteiger partial charge >= 0.3 is 0 Å². The first kappa shape index (κ1) is 13.4. The molecule has 13 heavy (non-hydrogen) atoms. The van der Waals surface area contributed by atoms with E-state index in [9.17, 15) is 0 Å². The molecule has 0 amide bonds. The zero-order chi connectivity index (χ0) is 10.3. The topological polar surface area (TPSA) is 6.48 Å². The van der Waals surface area contributed by atoms with Gasteiger partial charge in [-0.15, -0.1) is 0 Å². The molecule has 1 atom stereocenters. The van der Waals surface area contributed by atoms with E-state index in [1.165, 1.54) is 26.2 Å². The third kappa shape index (κ3) is 3.93. The molecule has 0 aliphatic heterocycles. The molecular weight excluding hydrogens is 179 g/mol. The molecule has 0 bridgehead atoms. The van der Waals surface area contributed by atoms with Gasteiger partial charge in [0.25, 0.3) is 0 Å². The van der Waals surface area contributed by atoms with Crippen LogP contribution in [0.5, 0.6) is 0 Å². The van der Waals surface area contributed by atoms with Crippen LogP contribution in [0, 0.1) is 0 Å². The molecule has 0 aliphatic carbocycles. The van der Waals surface area contributed by atoms with E-state index in [4.69, 9.17) is 0 Å². The third-order valence-corrected chi connectivity index (χ3v) is 3.82. The van der Waals surface area contributed by atoms with Gasteiger partial charge in [0.2, 0.25) is 0 Å². The van der Waals surface area contributed by atoms with E-state index in [0.29, 0.717) is 5.91 Å². The first-order chi connectivity index (χ1) is 6.24. The van der Waals surface area contributed by atoms with Crippen molar-refractivity contribution in [1.29, 1.82) is 0 Å². The summed E-state index contributed by atoms with van der Waals surface area (Å²) in [5.41, 5.74) is 0. The van der Waals surface area contributed by atoms with E-state index in [1.807, 2.05) is 0 Å². The van der Waals surface area contributed by atoms with Crippen molar-refractivity contribution < 1.29 is 0 Å². The molecule has 0 radical (unpaired) electrons. The minimum atomic E-state index is 0.671. The lowest BCUT2D eigenvalue weighted by molar-refractivity contribution is 0.122. The Bertz CT molecular complexity index is 99.5. The molecule has 0 aliphatic rings. The number of hydrogen-bond acceptors (Lipinski definition) is 2. The molecule has 0 fully saturated rings. The molecule has 0 aromatic carbocycles. The lowest BCUT2D eigenvalue weighted by Crippen LogP contribution is -2.45. The fourth-order valence-electron chi connectivity index (χ4n) is 1.74. The summed E-state index contributed by atoms with van der Waals surface area (Å²) in [6, 6.07) is 0. The summed E-state index contributed by atoms with van der Waals surface area (Å²) in [6.07, 6.45) is 0. The van der Waals surface area contributed by atoms with Gasteiger partial charge in [-0.2, -0.15) is 0 Å². The molecule has 0 aromatic heterocycles. The molecule has 0 saturated carbocycles. The highest BCUT2D eigenvalue weighted by Crippen LogP contribution is 2.21. The van der Waals surface area contributed by atoms with Crippen LogP contribution in [0.4, 0.5) is 0 Å². The van der Waals surface area contributed by atoms with Crippen molar-refractivity contribution >= 4 is 8.58 Å². The van der Waals surface area contributed by atoms with Gasteiger partial charge in [-0.05, 0) is 32.8 Å². The summed E-state index contributed by atoms with van der Waals surface area (Å²) in [5.74, 6) is 0.671. The fraction of sp³-hybridized carbons (Fsp3) is 1.00. The first-order valence-corrected chi connectivity index (χ1v) is 6.98. The van der Waals surface area contributed by atoms with Crippen LogP contribution in [0.25, 0.3) is 0 Å². The van der Waals surface area contributed by atoms with Crippen LogP contribution in [0.2, 0.25) is 0 Å². The van der Waals surface area contributed by atoms with Gasteiger partial charge in [0.05, 0.1) is 5.91 Å². The number of hydrogen-bond donors (Lipinski definition) is 0. The van der Waals surface area contributed by atoms with E-state index >= 15 is 0 Å². The smallest absolute Gasteiger partial charge is 0.0790 e. The monoisotopic (exact) mass is 204 g/mol. The standard InChI is InChI=1S/C10H25N2P/c1-6-11(7-2)10(13-5)12(8-3)9-4/h10,13H,6-9H2,1-5H3. The Morgan fingerprint density at radius 3 is 1.31 bits per heavy atom. The van der Waals surface area contributed by atoms with E-state index in [0.717, 1.165) is 8.58 Å². The van der Waals surface area contributed by atoms with Crippen LogP contribution in [-0.4, -0.2) is 48.6 Å². The minimum Gasteiger partial charge on any atom is -0.285 e. The molecule has 0 heterocycles. The second kappa shape index (κ2) is 7.73. The van der Waals surface area contributed by atoms with Crippen molar-refractivity contribution in [2.24, 2.45) is 0 Å². The van der Waals surface area contributed by atoms with Gasteiger partial charge in [-0.25, -0.2) is 0 Å². The van der Waals surface area contributed by atoms with Crippen molar-refractivity contribution in [3.05, 3.63) is 0 Å². The summed E-state index contributed by atoms with van der Waals surface area (Å²) < 4.78 is 0. The van der Waals surface area contributed by atoms with Crippen LogP contribution in [-0.2, 0) is 0 Å². The van der Waals surface area contributed by atoms with Crippen molar-refractivity contribution in [3.8, 4) is 0 Å². The molecule has 3 heteroatoms. The number of rotatable bonds is 7. The van der Waals surface area contributed by atoms with E-state index in [2.05, 4.69) is 44.2 Å². The highest BCUT2D eigenvalue weighted by atomic mass is 31.1. The molecule has 0 aromatic rings. The van der Waals surface area contributed by atoms with Gasteiger partial charge in [-0.3, -0.25) is 9.80 Å². The first-order valence-electron chi connectivity index (χ1n) is 5.40. The Balaban J connectivity index is 4.26. The highest BCUT2D eigenvalue weighted by molar-refractivity contribution is 7.37. The zero-order valence-corrected chi connectivity index (χ0v) is 10.8. The Hall–Kier alpha value is 0.350. The molecule has 0 N–H and O–H groups in total. The Morgan fingerprint density at radius 1 is 0.846 bits per heavy atom. The quantitative estimate of drug-likeness (QED) is 0.463. The summed E-state index contributed by atoms with van der Waals surface area (Å²) in [7, 11) is 0.989. The van der Waals surface area contributed by atoms with Gasteiger partial charge in [-0.1, -0.05) is 36.3 Å². The van der Waals surface area contributed by atoms with Crippen LogP contribution in [0.3, 0.4) is 0 Å². The van der Waals surface area contributed by atoms with Crippen LogP contribution in [0.15, 0.2) is 0 Å². The van der Waals surface area contributed by atoms with Crippen LogP contribution in [0.1, 0.15) is 27.7 Å². The summed E-state index contributed by atoms with van der Waals surface area (Å²) >= 11 is 0. The van der Waals surface area contributed by atoms with Crippen molar-refractivity contribution in [2.75, 3.05) is 32.8 Å². The molecular formula is C10H25N2P. The SMILES string of the molecule is CCN(CC)C(PC)N(CC)CC. The van der Waals surface area contributed by atoms with E-state index < -0.39 is 0 Å². The van der Waals surface area contributed by atoms with Gasteiger partial charge < -0.3 is 0 Å². The minimum absolute atomic E-state index is 0.671. The van der Waals surface area contributed by atoms with Crippen molar-refractivity contribution in [2.45, 2.75) is 33.6 Å². The fourth-order valence-corrected chi connectivity index (χ4v) is 3.20. The Morgan fingerprint density at radius 2 is 1.15 bits per heavy atom. The molecule has 1 unspecified atom stereocenters. The van der Waals surface area contributed by atoms with Gasteiger partial charge in [0, 0.05) is 0 Å². The normalized spacial score (nSPS) is 12.9. The predicted octanol–water partition coefficient (Wildman–Crippen LogP) is 2.26. The second-order valence-corrected chi connectivity index (χ2v) is 4.20. The average molecular weight is 204 g/mol. The Kier molecular flexibility index (Phi) is 7.93. The van der Waals surface area contributed by atoms with Crippen molar-refractivity contribution in [1.82, 2.24) is 9.80 Å². The molecule has 80 valence electrons. The number of nitrogens with zero attached hydrogens (tertiary/aromatic N) is 2. The Labute approximate surface area is 85.5 Å². The molecule has 0 rings (SSSR count). The maximum atomic E-state index is 2.55. The van der Waals surface area contributed by atoms with Crippen LogP contribution >= 0.6 is 8.58 Å². The molecule has 2 nitrogen and oxygen atoms in total. The summed E-state index contributed by atoms with van der Waals surface area (Å²) in [5, 5.41) is 0. The second-order valence-electron chi connectivity index (χ2n) is 3.10. The van der Waals surface area contributed by atoms with E-state index in [-0.39, 0.29) is 0 Å². The maximum absolute atomic E-state index is 2.55. The zero-order valence-electron chi connectivity index (χ0n) is 9.80. The molecule has 0 saturated heterocycles. The van der Waals surface area contributed by atoms with Gasteiger partial charge in [0.15, 0.2) is 0 Å². The molecule has 0 spiro atoms. The average Bonchev–Trinajstić information content (AvgIpc) is 2.18. The largest absolute Gasteiger partial charge is 0.285 e. The van der Waals surface area contributed by atoms with Crippen molar-refractivity contribution in [3.63, 3.8) is 0 Å². The van der Waals surface area contributed by atoms with Gasteiger partial charge in [0.1, 0.15) is 0 Å². The van der Waals surface area contributed by atoms with E-state index in [1.54, 1.807) is 0 Å². The summed E-state index contributed by atoms with van der Waals surface area (Å²) in [6.45, 7) is 16.0.